The molecule has 0 aromatic carbocycles. The number of hydrogen-bond acceptors (Lipinski definition) is 2. The summed E-state index contributed by atoms with van der Waals surface area (Å²) in [6.07, 6.45) is 7.68. The Morgan fingerprint density at radius 1 is 1.60 bits per heavy atom. The lowest BCUT2D eigenvalue weighted by molar-refractivity contribution is -0.133. The van der Waals surface area contributed by atoms with Crippen LogP contribution in [0.1, 0.15) is 26.7 Å². The van der Waals surface area contributed by atoms with Gasteiger partial charge in [0.2, 0.25) is 5.91 Å². The van der Waals surface area contributed by atoms with Crippen LogP contribution in [0.4, 0.5) is 0 Å². The van der Waals surface area contributed by atoms with E-state index in [0.717, 1.165) is 6.54 Å². The standard InChI is InChI=1S/C12H20N2O/c1-4-7-14(8-10-5-6-10)12(15)11(13)9(2)3/h1,9-11H,5-8,13H2,2-3H3/t11-/m0/s1. The molecule has 0 aromatic rings. The van der Waals surface area contributed by atoms with Gasteiger partial charge in [-0.05, 0) is 24.7 Å². The molecule has 0 bridgehead atoms. The van der Waals surface area contributed by atoms with Crippen LogP contribution in [0.3, 0.4) is 0 Å². The van der Waals surface area contributed by atoms with E-state index in [4.69, 9.17) is 12.2 Å². The molecule has 3 heteroatoms. The molecule has 1 fully saturated rings. The predicted octanol–water partition coefficient (Wildman–Crippen LogP) is 0.841. The molecule has 15 heavy (non-hydrogen) atoms. The fraction of sp³-hybridized carbons (Fsp3) is 0.750. The van der Waals surface area contributed by atoms with E-state index < -0.39 is 6.04 Å². The van der Waals surface area contributed by atoms with E-state index in [0.29, 0.717) is 12.5 Å². The quantitative estimate of drug-likeness (QED) is 0.681. The normalized spacial score (nSPS) is 17.3. The number of carbonyl (C=O) groups excluding carboxylic acids is 1. The second kappa shape index (κ2) is 5.18. The maximum absolute atomic E-state index is 11.9. The molecule has 2 N–H and O–H groups in total. The van der Waals surface area contributed by atoms with Crippen LogP contribution in [-0.2, 0) is 4.79 Å². The Balaban J connectivity index is 2.53. The average molecular weight is 208 g/mol. The smallest absolute Gasteiger partial charge is 0.240 e. The Hall–Kier alpha value is -1.01. The summed E-state index contributed by atoms with van der Waals surface area (Å²) >= 11 is 0. The first-order chi connectivity index (χ1) is 7.06. The molecule has 0 unspecified atom stereocenters. The Morgan fingerprint density at radius 3 is 2.60 bits per heavy atom. The molecular weight excluding hydrogens is 188 g/mol. The molecule has 1 amide bonds. The minimum atomic E-state index is -0.419. The maximum atomic E-state index is 11.9. The zero-order valence-corrected chi connectivity index (χ0v) is 9.57. The second-order valence-corrected chi connectivity index (χ2v) is 4.64. The van der Waals surface area contributed by atoms with Gasteiger partial charge in [-0.1, -0.05) is 19.8 Å². The van der Waals surface area contributed by atoms with E-state index in [2.05, 4.69) is 5.92 Å². The van der Waals surface area contributed by atoms with Crippen molar-refractivity contribution in [2.75, 3.05) is 13.1 Å². The predicted molar refractivity (Wildman–Crippen MR) is 61.0 cm³/mol. The highest BCUT2D eigenvalue weighted by molar-refractivity contribution is 5.82. The van der Waals surface area contributed by atoms with Gasteiger partial charge in [0.25, 0.3) is 0 Å². The largest absolute Gasteiger partial charge is 0.330 e. The van der Waals surface area contributed by atoms with Gasteiger partial charge in [0.1, 0.15) is 0 Å². The second-order valence-electron chi connectivity index (χ2n) is 4.64. The topological polar surface area (TPSA) is 46.3 Å². The van der Waals surface area contributed by atoms with Gasteiger partial charge in [0, 0.05) is 6.54 Å². The summed E-state index contributed by atoms with van der Waals surface area (Å²) < 4.78 is 0. The van der Waals surface area contributed by atoms with Crippen LogP contribution in [-0.4, -0.2) is 29.9 Å². The fourth-order valence-electron chi connectivity index (χ4n) is 1.45. The lowest BCUT2D eigenvalue weighted by atomic mass is 10.0. The van der Waals surface area contributed by atoms with Crippen molar-refractivity contribution in [2.45, 2.75) is 32.7 Å². The molecule has 1 aliphatic rings. The van der Waals surface area contributed by atoms with Crippen molar-refractivity contribution < 1.29 is 4.79 Å². The van der Waals surface area contributed by atoms with Crippen molar-refractivity contribution >= 4 is 5.91 Å². The Kier molecular flexibility index (Phi) is 4.16. The van der Waals surface area contributed by atoms with Crippen molar-refractivity contribution in [1.29, 1.82) is 0 Å². The van der Waals surface area contributed by atoms with E-state index in [-0.39, 0.29) is 11.8 Å². The van der Waals surface area contributed by atoms with Crippen LogP contribution in [0.5, 0.6) is 0 Å². The molecule has 1 aliphatic carbocycles. The minimum Gasteiger partial charge on any atom is -0.330 e. The summed E-state index contributed by atoms with van der Waals surface area (Å²) in [5.41, 5.74) is 5.83. The average Bonchev–Trinajstić information content (AvgIpc) is 2.98. The summed E-state index contributed by atoms with van der Waals surface area (Å²) in [7, 11) is 0. The van der Waals surface area contributed by atoms with Gasteiger partial charge in [-0.2, -0.15) is 0 Å². The minimum absolute atomic E-state index is 0.00477. The molecule has 0 aromatic heterocycles. The number of rotatable bonds is 5. The van der Waals surface area contributed by atoms with Crippen molar-refractivity contribution in [3.8, 4) is 12.3 Å². The fourth-order valence-corrected chi connectivity index (χ4v) is 1.45. The molecule has 3 nitrogen and oxygen atoms in total. The Labute approximate surface area is 92.0 Å². The molecule has 84 valence electrons. The number of terminal acetylenes is 1. The molecule has 1 atom stereocenters. The summed E-state index contributed by atoms with van der Waals surface area (Å²) in [6, 6.07) is -0.419. The van der Waals surface area contributed by atoms with Gasteiger partial charge >= 0.3 is 0 Å². The molecule has 0 spiro atoms. The third kappa shape index (κ3) is 3.56. The summed E-state index contributed by atoms with van der Waals surface area (Å²) in [5.74, 6) is 3.34. The molecule has 0 saturated heterocycles. The van der Waals surface area contributed by atoms with Crippen molar-refractivity contribution in [1.82, 2.24) is 4.90 Å². The monoisotopic (exact) mass is 208 g/mol. The van der Waals surface area contributed by atoms with Crippen molar-refractivity contribution in [3.63, 3.8) is 0 Å². The number of nitrogens with two attached hydrogens (primary N) is 1. The van der Waals surface area contributed by atoms with Crippen LogP contribution < -0.4 is 5.73 Å². The third-order valence-corrected chi connectivity index (χ3v) is 2.77. The number of carbonyl (C=O) groups is 1. The van der Waals surface area contributed by atoms with Gasteiger partial charge < -0.3 is 10.6 Å². The van der Waals surface area contributed by atoms with Crippen LogP contribution in [0, 0.1) is 24.2 Å². The molecular formula is C12H20N2O. The van der Waals surface area contributed by atoms with Gasteiger partial charge in [-0.15, -0.1) is 6.42 Å². The number of nitrogens with zero attached hydrogens (tertiary/aromatic N) is 1. The van der Waals surface area contributed by atoms with Crippen LogP contribution in [0.2, 0.25) is 0 Å². The van der Waals surface area contributed by atoms with Gasteiger partial charge in [0.05, 0.1) is 12.6 Å². The summed E-state index contributed by atoms with van der Waals surface area (Å²) in [5, 5.41) is 0. The molecule has 1 saturated carbocycles. The van der Waals surface area contributed by atoms with E-state index in [1.54, 1.807) is 4.90 Å². The van der Waals surface area contributed by atoms with Gasteiger partial charge in [0.15, 0.2) is 0 Å². The Bertz CT molecular complexity index is 263. The lowest BCUT2D eigenvalue weighted by Crippen LogP contribution is -2.47. The third-order valence-electron chi connectivity index (χ3n) is 2.77. The van der Waals surface area contributed by atoms with Gasteiger partial charge in [-0.3, -0.25) is 4.79 Å². The molecule has 0 radical (unpaired) electrons. The van der Waals surface area contributed by atoms with Crippen molar-refractivity contribution in [3.05, 3.63) is 0 Å². The molecule has 0 aliphatic heterocycles. The van der Waals surface area contributed by atoms with E-state index >= 15 is 0 Å². The molecule has 1 rings (SSSR count). The van der Waals surface area contributed by atoms with E-state index in [1.165, 1.54) is 12.8 Å². The highest BCUT2D eigenvalue weighted by Crippen LogP contribution is 2.29. The zero-order valence-electron chi connectivity index (χ0n) is 9.57. The number of hydrogen-bond donors (Lipinski definition) is 1. The van der Waals surface area contributed by atoms with E-state index in [9.17, 15) is 4.79 Å². The highest BCUT2D eigenvalue weighted by Gasteiger charge is 2.29. The van der Waals surface area contributed by atoms with Crippen molar-refractivity contribution in [2.24, 2.45) is 17.6 Å². The van der Waals surface area contributed by atoms with E-state index in [1.807, 2.05) is 13.8 Å². The summed E-state index contributed by atoms with van der Waals surface area (Å²) in [6.45, 7) is 5.07. The van der Waals surface area contributed by atoms with Crippen LogP contribution in [0.15, 0.2) is 0 Å². The first kappa shape index (κ1) is 12.1. The zero-order chi connectivity index (χ0) is 11.4. The first-order valence-electron chi connectivity index (χ1n) is 5.54. The number of amides is 1. The van der Waals surface area contributed by atoms with Gasteiger partial charge in [-0.25, -0.2) is 0 Å². The molecule has 0 heterocycles. The van der Waals surface area contributed by atoms with Crippen LogP contribution in [0.25, 0.3) is 0 Å². The SMILES string of the molecule is C#CCN(CC1CC1)C(=O)[C@@H](N)C(C)C. The Morgan fingerprint density at radius 2 is 2.20 bits per heavy atom. The first-order valence-corrected chi connectivity index (χ1v) is 5.54. The highest BCUT2D eigenvalue weighted by atomic mass is 16.2. The van der Waals surface area contributed by atoms with Crippen LogP contribution >= 0.6 is 0 Å². The maximum Gasteiger partial charge on any atom is 0.240 e. The lowest BCUT2D eigenvalue weighted by Gasteiger charge is -2.25. The summed E-state index contributed by atoms with van der Waals surface area (Å²) in [4.78, 5) is 13.7.